The van der Waals surface area contributed by atoms with Crippen molar-refractivity contribution >= 4 is 28.0 Å². The summed E-state index contributed by atoms with van der Waals surface area (Å²) in [6, 6.07) is 4.64. The van der Waals surface area contributed by atoms with E-state index in [1.165, 1.54) is 39.3 Å². The highest BCUT2D eigenvalue weighted by atomic mass is 32.2. The molecule has 0 heterocycles. The summed E-state index contributed by atoms with van der Waals surface area (Å²) < 4.78 is 36.4. The average molecular weight is 382 g/mol. The lowest BCUT2D eigenvalue weighted by Gasteiger charge is -2.11. The van der Waals surface area contributed by atoms with Crippen LogP contribution >= 0.6 is 0 Å². The smallest absolute Gasteiger partial charge is 0.331 e. The molecule has 1 atom stereocenters. The largest absolute Gasteiger partial charge is 0.495 e. The fourth-order valence-electron chi connectivity index (χ4n) is 2.09. The number of nitrogens with one attached hydrogen (secondary N) is 2. The Morgan fingerprint density at radius 1 is 1.31 bits per heavy atom. The summed E-state index contributed by atoms with van der Waals surface area (Å²) in [6.45, 7) is 1.49. The zero-order valence-electron chi connectivity index (χ0n) is 14.8. The maximum absolute atomic E-state index is 12.0. The molecule has 1 saturated carbocycles. The molecule has 0 spiro atoms. The summed E-state index contributed by atoms with van der Waals surface area (Å²) in [4.78, 5) is 23.6. The molecular formula is C17H22N2O6S. The highest BCUT2D eigenvalue weighted by molar-refractivity contribution is 7.89. The molecule has 0 saturated heterocycles. The van der Waals surface area contributed by atoms with E-state index in [9.17, 15) is 18.0 Å². The van der Waals surface area contributed by atoms with Crippen LogP contribution in [0, 0.1) is 0 Å². The molecule has 1 aromatic rings. The van der Waals surface area contributed by atoms with Crippen LogP contribution in [0.5, 0.6) is 5.75 Å². The average Bonchev–Trinajstić information content (AvgIpc) is 3.43. The lowest BCUT2D eigenvalue weighted by Crippen LogP contribution is -2.36. The van der Waals surface area contributed by atoms with Crippen molar-refractivity contribution in [2.45, 2.75) is 36.8 Å². The Morgan fingerprint density at radius 3 is 2.58 bits per heavy atom. The van der Waals surface area contributed by atoms with Gasteiger partial charge in [0.15, 0.2) is 6.10 Å². The Bertz CT molecular complexity index is 815. The van der Waals surface area contributed by atoms with Crippen molar-refractivity contribution < 1.29 is 27.5 Å². The predicted molar refractivity (Wildman–Crippen MR) is 95.0 cm³/mol. The van der Waals surface area contributed by atoms with E-state index in [0.29, 0.717) is 5.56 Å². The van der Waals surface area contributed by atoms with Gasteiger partial charge in [-0.1, -0.05) is 6.07 Å². The van der Waals surface area contributed by atoms with Crippen molar-refractivity contribution in [3.63, 3.8) is 0 Å². The molecule has 0 unspecified atom stereocenters. The van der Waals surface area contributed by atoms with Crippen molar-refractivity contribution in [3.8, 4) is 5.75 Å². The number of hydrogen-bond acceptors (Lipinski definition) is 6. The molecule has 26 heavy (non-hydrogen) atoms. The van der Waals surface area contributed by atoms with Gasteiger partial charge in [0.2, 0.25) is 10.0 Å². The summed E-state index contributed by atoms with van der Waals surface area (Å²) in [7, 11) is -1.06. The molecular weight excluding hydrogens is 360 g/mol. The molecule has 1 aromatic carbocycles. The predicted octanol–water partition coefficient (Wildman–Crippen LogP) is 0.827. The maximum atomic E-state index is 12.0. The van der Waals surface area contributed by atoms with E-state index in [1.54, 1.807) is 6.07 Å². The summed E-state index contributed by atoms with van der Waals surface area (Å²) in [5, 5.41) is 2.75. The van der Waals surface area contributed by atoms with Crippen molar-refractivity contribution in [1.82, 2.24) is 10.0 Å². The summed E-state index contributed by atoms with van der Waals surface area (Å²) in [5.41, 5.74) is 0.465. The van der Waals surface area contributed by atoms with Crippen LogP contribution in [0.4, 0.5) is 0 Å². The lowest BCUT2D eigenvalue weighted by molar-refractivity contribution is -0.150. The Balaban J connectivity index is 2.05. The molecule has 1 aliphatic carbocycles. The maximum Gasteiger partial charge on any atom is 0.331 e. The van der Waals surface area contributed by atoms with Gasteiger partial charge in [-0.3, -0.25) is 4.79 Å². The van der Waals surface area contributed by atoms with E-state index >= 15 is 0 Å². The van der Waals surface area contributed by atoms with Gasteiger partial charge in [0.1, 0.15) is 10.6 Å². The number of carbonyl (C=O) groups is 2. The highest BCUT2D eigenvalue weighted by Crippen LogP contribution is 2.25. The van der Waals surface area contributed by atoms with Crippen molar-refractivity contribution in [2.24, 2.45) is 0 Å². The molecule has 1 fully saturated rings. The van der Waals surface area contributed by atoms with E-state index in [2.05, 4.69) is 10.0 Å². The van der Waals surface area contributed by atoms with Gasteiger partial charge in [-0.25, -0.2) is 17.9 Å². The first-order valence-corrected chi connectivity index (χ1v) is 9.56. The minimum absolute atomic E-state index is 0.0461. The molecule has 1 aliphatic rings. The van der Waals surface area contributed by atoms with Gasteiger partial charge in [-0.15, -0.1) is 0 Å². The number of benzene rings is 1. The van der Waals surface area contributed by atoms with E-state index in [1.807, 2.05) is 0 Å². The van der Waals surface area contributed by atoms with Crippen LogP contribution in [0.3, 0.4) is 0 Å². The molecule has 0 aromatic heterocycles. The summed E-state index contributed by atoms with van der Waals surface area (Å²) in [5.74, 6) is -0.845. The molecule has 2 N–H and O–H groups in total. The molecule has 9 heteroatoms. The molecule has 0 radical (unpaired) electrons. The topological polar surface area (TPSA) is 111 Å². The first kappa shape index (κ1) is 19.9. The van der Waals surface area contributed by atoms with Crippen molar-refractivity contribution in [1.29, 1.82) is 0 Å². The van der Waals surface area contributed by atoms with Crippen molar-refractivity contribution in [2.75, 3.05) is 14.2 Å². The van der Waals surface area contributed by atoms with E-state index < -0.39 is 22.1 Å². The van der Waals surface area contributed by atoms with Crippen LogP contribution in [-0.2, 0) is 24.3 Å². The van der Waals surface area contributed by atoms with Crippen molar-refractivity contribution in [3.05, 3.63) is 29.8 Å². The van der Waals surface area contributed by atoms with Crippen LogP contribution in [-0.4, -0.2) is 46.6 Å². The third kappa shape index (κ3) is 5.30. The van der Waals surface area contributed by atoms with Gasteiger partial charge in [0, 0.05) is 12.1 Å². The van der Waals surface area contributed by atoms with Crippen LogP contribution in [0.15, 0.2) is 29.2 Å². The Hall–Kier alpha value is -2.39. The monoisotopic (exact) mass is 382 g/mol. The molecule has 1 amide bonds. The molecule has 142 valence electrons. The number of sulfonamides is 1. The standard InChI is InChI=1S/C17H22N2O6S/c1-11(17(21)19-13-6-7-13)25-16(20)9-5-12-4-8-14(24-3)15(10-12)26(22,23)18-2/h4-5,8-11,13,18H,6-7H2,1-3H3,(H,19,21)/b9-5+/t11-/m0/s1. The third-order valence-corrected chi connectivity index (χ3v) is 5.18. The summed E-state index contributed by atoms with van der Waals surface area (Å²) in [6.07, 6.45) is 3.54. The SMILES string of the molecule is CNS(=O)(=O)c1cc(/C=C/C(=O)O[C@@H](C)C(=O)NC2CC2)ccc1OC. The van der Waals surface area contributed by atoms with E-state index in [0.717, 1.165) is 18.9 Å². The molecule has 0 bridgehead atoms. The van der Waals surface area contributed by atoms with Crippen LogP contribution < -0.4 is 14.8 Å². The van der Waals surface area contributed by atoms with Crippen LogP contribution in [0.1, 0.15) is 25.3 Å². The first-order valence-electron chi connectivity index (χ1n) is 8.07. The van der Waals surface area contributed by atoms with Gasteiger partial charge in [-0.05, 0) is 50.6 Å². The minimum atomic E-state index is -3.72. The zero-order chi connectivity index (χ0) is 19.3. The third-order valence-electron chi connectivity index (χ3n) is 3.74. The number of methoxy groups -OCH3 is 1. The fourth-order valence-corrected chi connectivity index (χ4v) is 3.02. The Morgan fingerprint density at radius 2 is 2.00 bits per heavy atom. The van der Waals surface area contributed by atoms with E-state index in [-0.39, 0.29) is 22.6 Å². The highest BCUT2D eigenvalue weighted by Gasteiger charge is 2.26. The Kier molecular flexibility index (Phi) is 6.38. The number of ether oxygens (including phenoxy) is 2. The minimum Gasteiger partial charge on any atom is -0.495 e. The quantitative estimate of drug-likeness (QED) is 0.509. The van der Waals surface area contributed by atoms with Crippen LogP contribution in [0.2, 0.25) is 0 Å². The number of carbonyl (C=O) groups excluding carboxylic acids is 2. The first-order chi connectivity index (χ1) is 12.3. The summed E-state index contributed by atoms with van der Waals surface area (Å²) >= 11 is 0. The number of esters is 1. The Labute approximate surface area is 152 Å². The van der Waals surface area contributed by atoms with Crippen LogP contribution in [0.25, 0.3) is 6.08 Å². The van der Waals surface area contributed by atoms with E-state index in [4.69, 9.17) is 9.47 Å². The van der Waals surface area contributed by atoms with Gasteiger partial charge >= 0.3 is 5.97 Å². The van der Waals surface area contributed by atoms with Gasteiger partial charge < -0.3 is 14.8 Å². The second-order valence-electron chi connectivity index (χ2n) is 5.81. The second-order valence-corrected chi connectivity index (χ2v) is 7.67. The fraction of sp³-hybridized carbons (Fsp3) is 0.412. The van der Waals surface area contributed by atoms with Gasteiger partial charge in [0.05, 0.1) is 7.11 Å². The van der Waals surface area contributed by atoms with Gasteiger partial charge in [-0.2, -0.15) is 0 Å². The lowest BCUT2D eigenvalue weighted by atomic mass is 10.2. The van der Waals surface area contributed by atoms with Gasteiger partial charge in [0.25, 0.3) is 5.91 Å². The zero-order valence-corrected chi connectivity index (χ0v) is 15.6. The number of hydrogen-bond donors (Lipinski definition) is 2. The normalized spacial score (nSPS) is 15.5. The molecule has 8 nitrogen and oxygen atoms in total. The number of rotatable bonds is 8. The molecule has 0 aliphatic heterocycles. The number of amides is 1. The molecule has 2 rings (SSSR count). The second kappa shape index (κ2) is 8.33.